The first-order chi connectivity index (χ1) is 9.37. The molecule has 0 aliphatic rings. The van der Waals surface area contributed by atoms with Crippen molar-refractivity contribution in [1.82, 2.24) is 0 Å². The van der Waals surface area contributed by atoms with Gasteiger partial charge in [0.15, 0.2) is 5.69 Å². The normalized spacial score (nSPS) is 17.5. The number of benzene rings is 1. The largest absolute Gasteiger partial charge is 0.487 e. The Morgan fingerprint density at radius 3 is 2.67 bits per heavy atom. The van der Waals surface area contributed by atoms with Crippen molar-refractivity contribution in [3.8, 4) is 0 Å². The molecule has 0 aliphatic carbocycles. The molecule has 15 heavy (non-hydrogen) atoms. The SMILES string of the molecule is [2H]c1c([2H])c(C(C)(C)C([2H])([2H])[2H])c([N+]#[C-])c([2H])c1B(O)O. The van der Waals surface area contributed by atoms with Crippen LogP contribution in [0.4, 0.5) is 5.69 Å². The lowest BCUT2D eigenvalue weighted by atomic mass is 9.77. The van der Waals surface area contributed by atoms with Crippen LogP contribution in [0.2, 0.25) is 0 Å². The average molecular weight is 209 g/mol. The Morgan fingerprint density at radius 1 is 1.53 bits per heavy atom. The van der Waals surface area contributed by atoms with Gasteiger partial charge in [0.1, 0.15) is 0 Å². The van der Waals surface area contributed by atoms with Crippen LogP contribution in [0.3, 0.4) is 0 Å². The van der Waals surface area contributed by atoms with Crippen molar-refractivity contribution in [1.29, 1.82) is 0 Å². The fraction of sp³-hybridized carbons (Fsp3) is 0.364. The van der Waals surface area contributed by atoms with Crippen LogP contribution in [0.1, 0.15) is 34.5 Å². The highest BCUT2D eigenvalue weighted by Gasteiger charge is 2.20. The first kappa shape index (κ1) is 5.69. The summed E-state index contributed by atoms with van der Waals surface area (Å²) in [5.74, 6) is 0. The van der Waals surface area contributed by atoms with Gasteiger partial charge in [-0.1, -0.05) is 38.8 Å². The lowest BCUT2D eigenvalue weighted by Gasteiger charge is -2.21. The number of hydrogen-bond donors (Lipinski definition) is 2. The van der Waals surface area contributed by atoms with E-state index >= 15 is 0 Å². The van der Waals surface area contributed by atoms with E-state index in [1.165, 1.54) is 13.8 Å². The minimum absolute atomic E-state index is 0.253. The molecular weight excluding hydrogens is 189 g/mol. The monoisotopic (exact) mass is 209 g/mol. The maximum absolute atomic E-state index is 9.20. The van der Waals surface area contributed by atoms with E-state index in [-0.39, 0.29) is 5.56 Å². The molecule has 0 bridgehead atoms. The average Bonchev–Trinajstić information content (AvgIpc) is 2.31. The molecule has 0 aliphatic heterocycles. The van der Waals surface area contributed by atoms with Gasteiger partial charge in [-0.25, -0.2) is 4.85 Å². The molecule has 0 fully saturated rings. The zero-order valence-corrected chi connectivity index (χ0v) is 8.42. The van der Waals surface area contributed by atoms with E-state index in [2.05, 4.69) is 4.85 Å². The van der Waals surface area contributed by atoms with E-state index in [0.717, 1.165) is 0 Å². The van der Waals surface area contributed by atoms with E-state index < -0.39 is 48.7 Å². The number of nitrogens with zero attached hydrogens (tertiary/aromatic N) is 1. The van der Waals surface area contributed by atoms with Gasteiger partial charge < -0.3 is 10.0 Å². The second kappa shape index (κ2) is 4.05. The summed E-state index contributed by atoms with van der Waals surface area (Å²) in [6, 6.07) is -1.87. The highest BCUT2D eigenvalue weighted by molar-refractivity contribution is 6.58. The smallest absolute Gasteiger partial charge is 0.423 e. The predicted octanol–water partition coefficient (Wildman–Crippen LogP) is 1.21. The third kappa shape index (κ3) is 2.59. The minimum atomic E-state index is -2.56. The van der Waals surface area contributed by atoms with Gasteiger partial charge in [0.2, 0.25) is 0 Å². The van der Waals surface area contributed by atoms with Crippen molar-refractivity contribution in [2.75, 3.05) is 0 Å². The molecule has 0 spiro atoms. The maximum Gasteiger partial charge on any atom is 0.487 e. The fourth-order valence-electron chi connectivity index (χ4n) is 1.08. The van der Waals surface area contributed by atoms with E-state index in [4.69, 9.17) is 14.8 Å². The molecule has 3 nitrogen and oxygen atoms in total. The summed E-state index contributed by atoms with van der Waals surface area (Å²) >= 11 is 0. The number of rotatable bonds is 1. The summed E-state index contributed by atoms with van der Waals surface area (Å²) in [7, 11) is -2.18. The second-order valence-electron chi connectivity index (χ2n) is 3.62. The standard InChI is InChI=1S/C11H14BNO2/c1-11(2,3)9-6-5-8(12(14)15)7-10(9)13-4/h5-7,14-15H,1-3H3/i1D3,5D,6D,7D. The second-order valence-corrected chi connectivity index (χ2v) is 3.62. The van der Waals surface area contributed by atoms with Crippen molar-refractivity contribution in [2.24, 2.45) is 0 Å². The molecule has 0 radical (unpaired) electrons. The Labute approximate surface area is 98.8 Å². The quantitative estimate of drug-likeness (QED) is 0.539. The van der Waals surface area contributed by atoms with Crippen molar-refractivity contribution >= 4 is 18.3 Å². The molecule has 0 aromatic heterocycles. The Balaban J connectivity index is 3.92. The molecule has 0 atom stereocenters. The van der Waals surface area contributed by atoms with Gasteiger partial charge >= 0.3 is 7.12 Å². The van der Waals surface area contributed by atoms with Crippen LogP contribution in [0.15, 0.2) is 18.1 Å². The van der Waals surface area contributed by atoms with Crippen LogP contribution in [0, 0.1) is 6.57 Å². The zero-order valence-electron chi connectivity index (χ0n) is 14.4. The molecule has 0 saturated heterocycles. The van der Waals surface area contributed by atoms with Gasteiger partial charge in [-0.2, -0.15) is 0 Å². The van der Waals surface area contributed by atoms with Crippen LogP contribution >= 0.6 is 0 Å². The Kier molecular flexibility index (Phi) is 1.54. The van der Waals surface area contributed by atoms with Crippen molar-refractivity contribution < 1.29 is 18.3 Å². The molecule has 2 N–H and O–H groups in total. The van der Waals surface area contributed by atoms with Gasteiger partial charge in [-0.05, 0) is 16.4 Å². The first-order valence-electron chi connectivity index (χ1n) is 7.25. The molecule has 4 heteroatoms. The molecule has 0 unspecified atom stereocenters. The molecular formula is C11H14BNO2. The summed E-state index contributed by atoms with van der Waals surface area (Å²) in [5, 5.41) is 18.4. The predicted molar refractivity (Wildman–Crippen MR) is 61.2 cm³/mol. The number of hydrogen-bond acceptors (Lipinski definition) is 2. The molecule has 1 aromatic carbocycles. The van der Waals surface area contributed by atoms with Gasteiger partial charge in [0, 0.05) is 5.48 Å². The third-order valence-electron chi connectivity index (χ3n) is 1.81. The molecule has 0 heterocycles. The van der Waals surface area contributed by atoms with Crippen molar-refractivity contribution in [2.45, 2.75) is 26.1 Å². The molecule has 0 saturated carbocycles. The minimum Gasteiger partial charge on any atom is -0.423 e. The van der Waals surface area contributed by atoms with Crippen LogP contribution < -0.4 is 5.46 Å². The van der Waals surface area contributed by atoms with Crippen LogP contribution in [0.25, 0.3) is 4.85 Å². The van der Waals surface area contributed by atoms with Crippen LogP contribution in [-0.2, 0) is 5.41 Å². The molecule has 1 aromatic rings. The van der Waals surface area contributed by atoms with Crippen molar-refractivity contribution in [3.05, 3.63) is 35.1 Å². The van der Waals surface area contributed by atoms with Crippen LogP contribution in [0.5, 0.6) is 0 Å². The summed E-state index contributed by atoms with van der Waals surface area (Å²) in [6.45, 7) is 7.18. The van der Waals surface area contributed by atoms with E-state index in [1.54, 1.807) is 0 Å². The van der Waals surface area contributed by atoms with Crippen molar-refractivity contribution in [3.63, 3.8) is 0 Å². The highest BCUT2D eigenvalue weighted by atomic mass is 16.4. The van der Waals surface area contributed by atoms with E-state index in [0.29, 0.717) is 0 Å². The zero-order chi connectivity index (χ0) is 16.7. The van der Waals surface area contributed by atoms with E-state index in [9.17, 15) is 10.0 Å². The molecule has 1 rings (SSSR count). The maximum atomic E-state index is 9.20. The van der Waals surface area contributed by atoms with Gasteiger partial charge in [0.25, 0.3) is 0 Å². The Bertz CT molecular complexity index is 621. The lowest BCUT2D eigenvalue weighted by molar-refractivity contribution is 0.425. The lowest BCUT2D eigenvalue weighted by Crippen LogP contribution is -2.30. The summed E-state index contributed by atoms with van der Waals surface area (Å²) in [6.07, 6.45) is 0. The van der Waals surface area contributed by atoms with Gasteiger partial charge in [-0.15, -0.1) is 0 Å². The van der Waals surface area contributed by atoms with Crippen LogP contribution in [-0.4, -0.2) is 17.2 Å². The fourth-order valence-corrected chi connectivity index (χ4v) is 1.08. The molecule has 0 amide bonds. The summed E-state index contributed by atoms with van der Waals surface area (Å²) < 4.78 is 46.1. The Morgan fingerprint density at radius 2 is 2.20 bits per heavy atom. The summed E-state index contributed by atoms with van der Waals surface area (Å²) in [5.41, 5.74) is -2.90. The highest BCUT2D eigenvalue weighted by Crippen LogP contribution is 2.30. The third-order valence-corrected chi connectivity index (χ3v) is 1.81. The topological polar surface area (TPSA) is 44.8 Å². The first-order valence-corrected chi connectivity index (χ1v) is 4.25. The Hall–Kier alpha value is -1.31. The van der Waals surface area contributed by atoms with Gasteiger partial charge in [0.05, 0.1) is 9.31 Å². The van der Waals surface area contributed by atoms with Gasteiger partial charge in [-0.3, -0.25) is 0 Å². The van der Waals surface area contributed by atoms with E-state index in [1.807, 2.05) is 0 Å². The molecule has 78 valence electrons. The summed E-state index contributed by atoms with van der Waals surface area (Å²) in [4.78, 5) is 3.08.